The number of para-hydroxylation sites is 1. The van der Waals surface area contributed by atoms with Crippen LogP contribution in [-0.4, -0.2) is 47.2 Å². The first-order valence-electron chi connectivity index (χ1n) is 12.7. The van der Waals surface area contributed by atoms with E-state index in [2.05, 4.69) is 5.32 Å². The number of ether oxygens (including phenoxy) is 3. The van der Waals surface area contributed by atoms with Gasteiger partial charge >= 0.3 is 11.9 Å². The van der Waals surface area contributed by atoms with Crippen LogP contribution in [0.2, 0.25) is 0 Å². The lowest BCUT2D eigenvalue weighted by Crippen LogP contribution is -2.61. The molecule has 3 atom stereocenters. The quantitative estimate of drug-likeness (QED) is 0.359. The zero-order valence-electron chi connectivity index (χ0n) is 21.7. The van der Waals surface area contributed by atoms with Crippen LogP contribution in [0.4, 0.5) is 4.39 Å². The third kappa shape index (κ3) is 3.79. The zero-order valence-corrected chi connectivity index (χ0v) is 21.7. The minimum atomic E-state index is -2.29. The highest BCUT2D eigenvalue weighted by Gasteiger charge is 2.77. The number of esters is 2. The summed E-state index contributed by atoms with van der Waals surface area (Å²) in [5.74, 6) is -4.61. The van der Waals surface area contributed by atoms with E-state index in [1.165, 1.54) is 6.92 Å². The zero-order chi connectivity index (χ0) is 27.9. The average Bonchev–Trinajstić information content (AvgIpc) is 3.39. The number of ketones is 1. The summed E-state index contributed by atoms with van der Waals surface area (Å²) in [5, 5.41) is 14.1. The van der Waals surface area contributed by atoms with Crippen molar-refractivity contribution in [1.29, 1.82) is 0 Å². The Kier molecular flexibility index (Phi) is 6.64. The van der Waals surface area contributed by atoms with Crippen LogP contribution in [0.1, 0.15) is 52.9 Å². The number of phenolic OH excluding ortho intramolecular Hbond substituents is 1. The molecule has 0 saturated carbocycles. The second-order valence-corrected chi connectivity index (χ2v) is 9.55. The third-order valence-corrected chi connectivity index (χ3v) is 7.36. The fourth-order valence-electron chi connectivity index (χ4n) is 5.83. The van der Waals surface area contributed by atoms with Gasteiger partial charge in [0.1, 0.15) is 17.3 Å². The van der Waals surface area contributed by atoms with Gasteiger partial charge in [-0.1, -0.05) is 42.5 Å². The molecule has 0 radical (unpaired) electrons. The van der Waals surface area contributed by atoms with Gasteiger partial charge < -0.3 is 19.3 Å². The Hall–Kier alpha value is -4.24. The number of hydrogen-bond acceptors (Lipinski definition) is 8. The topological polar surface area (TPSA) is 111 Å². The Morgan fingerprint density at radius 1 is 1.00 bits per heavy atom. The van der Waals surface area contributed by atoms with Gasteiger partial charge in [0, 0.05) is 5.56 Å². The number of carbonyl (C=O) groups is 3. The Morgan fingerprint density at radius 3 is 2.23 bits per heavy atom. The molecule has 8 nitrogen and oxygen atoms in total. The number of Topliss-reactive ketones (excluding diaryl/α,β-unsaturated/α-hetero) is 1. The molecule has 202 valence electrons. The van der Waals surface area contributed by atoms with Gasteiger partial charge in [0.25, 0.3) is 0 Å². The first-order valence-corrected chi connectivity index (χ1v) is 12.7. The SMILES string of the molecule is CCOC(=O)C1(C(=O)OCC)N[C@H](c2cc(F)cc(C)c2O)[C@]2(Oc3ccccc3C2=O)[C@@H]1c1ccccc1. The van der Waals surface area contributed by atoms with Crippen LogP contribution >= 0.6 is 0 Å². The van der Waals surface area contributed by atoms with Crippen molar-refractivity contribution in [3.8, 4) is 11.5 Å². The smallest absolute Gasteiger partial charge is 0.338 e. The molecular weight excluding hydrogens is 505 g/mol. The van der Waals surface area contributed by atoms with Crippen LogP contribution in [0.5, 0.6) is 11.5 Å². The lowest BCUT2D eigenvalue weighted by Gasteiger charge is -2.37. The van der Waals surface area contributed by atoms with Crippen molar-refractivity contribution in [1.82, 2.24) is 5.32 Å². The predicted octanol–water partition coefficient (Wildman–Crippen LogP) is 4.15. The van der Waals surface area contributed by atoms with Crippen LogP contribution in [-0.2, 0) is 19.1 Å². The first kappa shape index (κ1) is 26.4. The molecule has 1 saturated heterocycles. The molecule has 9 heteroatoms. The van der Waals surface area contributed by atoms with E-state index in [1.54, 1.807) is 68.4 Å². The Bertz CT molecular complexity index is 1440. The summed E-state index contributed by atoms with van der Waals surface area (Å²) in [6, 6.07) is 15.9. The normalized spacial score (nSPS) is 22.8. The number of nitrogens with one attached hydrogen (secondary N) is 1. The number of rotatable bonds is 6. The summed E-state index contributed by atoms with van der Waals surface area (Å²) in [5.41, 5.74) is -3.52. The summed E-state index contributed by atoms with van der Waals surface area (Å²) in [6.45, 7) is 4.55. The maximum atomic E-state index is 14.8. The largest absolute Gasteiger partial charge is 0.507 e. The molecule has 0 aliphatic carbocycles. The fourth-order valence-corrected chi connectivity index (χ4v) is 5.83. The van der Waals surface area contributed by atoms with E-state index < -0.39 is 46.6 Å². The lowest BCUT2D eigenvalue weighted by atomic mass is 9.68. The summed E-state index contributed by atoms with van der Waals surface area (Å²) < 4.78 is 32.1. The Labute approximate surface area is 224 Å². The molecule has 2 aliphatic rings. The minimum Gasteiger partial charge on any atom is -0.507 e. The molecule has 2 heterocycles. The second kappa shape index (κ2) is 9.81. The number of halogens is 1. The van der Waals surface area contributed by atoms with Gasteiger partial charge in [-0.3, -0.25) is 10.1 Å². The maximum absolute atomic E-state index is 14.8. The van der Waals surface area contributed by atoms with Gasteiger partial charge in [-0.25, -0.2) is 14.0 Å². The molecular formula is C30H28FNO7. The molecule has 0 aromatic heterocycles. The number of hydrogen-bond donors (Lipinski definition) is 2. The van der Waals surface area contributed by atoms with E-state index >= 15 is 0 Å². The molecule has 2 aliphatic heterocycles. The van der Waals surface area contributed by atoms with E-state index in [0.717, 1.165) is 12.1 Å². The van der Waals surface area contributed by atoms with Crippen molar-refractivity contribution in [3.05, 3.63) is 94.8 Å². The van der Waals surface area contributed by atoms with Crippen molar-refractivity contribution >= 4 is 17.7 Å². The standard InChI is InChI=1S/C30H28FNO7/c1-4-37-27(35)29(28(36)38-5-2)24(18-11-7-6-8-12-18)30(26(34)20-13-9-10-14-22(20)39-30)25(32-29)21-16-19(31)15-17(3)23(21)33/h6-16,24-25,32-33H,4-5H2,1-3H3/t24-,25-,30-/m1/s1. The van der Waals surface area contributed by atoms with Crippen LogP contribution < -0.4 is 10.1 Å². The molecule has 39 heavy (non-hydrogen) atoms. The molecule has 3 aromatic rings. The monoisotopic (exact) mass is 533 g/mol. The highest BCUT2D eigenvalue weighted by Crippen LogP contribution is 2.59. The van der Waals surface area contributed by atoms with Crippen molar-refractivity contribution < 1.29 is 38.1 Å². The van der Waals surface area contributed by atoms with Crippen LogP contribution in [0, 0.1) is 12.7 Å². The summed E-state index contributed by atoms with van der Waals surface area (Å²) in [7, 11) is 0. The number of benzene rings is 3. The molecule has 2 N–H and O–H groups in total. The summed E-state index contributed by atoms with van der Waals surface area (Å²) in [4.78, 5) is 42.3. The second-order valence-electron chi connectivity index (χ2n) is 9.55. The highest BCUT2D eigenvalue weighted by molar-refractivity contribution is 6.14. The Balaban J connectivity index is 1.89. The number of aromatic hydroxyl groups is 1. The summed E-state index contributed by atoms with van der Waals surface area (Å²) >= 11 is 0. The van der Waals surface area contributed by atoms with Crippen molar-refractivity contribution in [2.24, 2.45) is 0 Å². The average molecular weight is 534 g/mol. The first-order chi connectivity index (χ1) is 18.7. The third-order valence-electron chi connectivity index (χ3n) is 7.36. The van der Waals surface area contributed by atoms with E-state index in [-0.39, 0.29) is 41.4 Å². The fraction of sp³-hybridized carbons (Fsp3) is 0.300. The molecule has 0 amide bonds. The molecule has 1 spiro atoms. The van der Waals surface area contributed by atoms with Crippen LogP contribution in [0.3, 0.4) is 0 Å². The van der Waals surface area contributed by atoms with E-state index in [1.807, 2.05) is 0 Å². The van der Waals surface area contributed by atoms with E-state index in [9.17, 15) is 23.9 Å². The van der Waals surface area contributed by atoms with E-state index in [4.69, 9.17) is 14.2 Å². The molecule has 1 fully saturated rings. The van der Waals surface area contributed by atoms with Crippen LogP contribution in [0.25, 0.3) is 0 Å². The molecule has 3 aromatic carbocycles. The van der Waals surface area contributed by atoms with Gasteiger partial charge in [-0.15, -0.1) is 0 Å². The maximum Gasteiger partial charge on any atom is 0.338 e. The Morgan fingerprint density at radius 2 is 1.62 bits per heavy atom. The molecule has 0 bridgehead atoms. The van der Waals surface area contributed by atoms with Gasteiger partial charge in [0.15, 0.2) is 0 Å². The van der Waals surface area contributed by atoms with Crippen molar-refractivity contribution in [3.63, 3.8) is 0 Å². The van der Waals surface area contributed by atoms with E-state index in [0.29, 0.717) is 5.56 Å². The number of carbonyl (C=O) groups excluding carboxylic acids is 3. The number of aryl methyl sites for hydroxylation is 1. The summed E-state index contributed by atoms with van der Waals surface area (Å²) in [6.07, 6.45) is 0. The van der Waals surface area contributed by atoms with Gasteiger partial charge in [0.2, 0.25) is 16.9 Å². The minimum absolute atomic E-state index is 0.0509. The van der Waals surface area contributed by atoms with Gasteiger partial charge in [-0.05, 0) is 56.2 Å². The number of fused-ring (bicyclic) bond motifs is 1. The number of phenols is 1. The highest BCUT2D eigenvalue weighted by atomic mass is 19.1. The predicted molar refractivity (Wildman–Crippen MR) is 138 cm³/mol. The van der Waals surface area contributed by atoms with Crippen molar-refractivity contribution in [2.45, 2.75) is 43.9 Å². The van der Waals surface area contributed by atoms with Gasteiger partial charge in [-0.2, -0.15) is 0 Å². The van der Waals surface area contributed by atoms with Crippen molar-refractivity contribution in [2.75, 3.05) is 13.2 Å². The lowest BCUT2D eigenvalue weighted by molar-refractivity contribution is -0.167. The van der Waals surface area contributed by atoms with Crippen LogP contribution in [0.15, 0.2) is 66.7 Å². The van der Waals surface area contributed by atoms with Gasteiger partial charge in [0.05, 0.1) is 30.7 Å². The molecule has 5 rings (SSSR count). The molecule has 0 unspecified atom stereocenters.